The van der Waals surface area contributed by atoms with E-state index in [1.165, 1.54) is 44.4 Å². The number of unbranched alkanes of at least 4 members (excludes halogenated alkanes) is 3. The second-order valence-electron chi connectivity index (χ2n) is 3.03. The molecule has 72 valence electrons. The monoisotopic (exact) mass is 187 g/mol. The van der Waals surface area contributed by atoms with Gasteiger partial charge in [0.25, 0.3) is 0 Å². The zero-order valence-electron chi connectivity index (χ0n) is 8.02. The first-order chi connectivity index (χ1) is 5.91. The standard InChI is InChI=1S/C10H22NP/c1-2-3-4-5-6-9-12-10-7-8-11/h2,12H,1,3-11H2. The van der Waals surface area contributed by atoms with Gasteiger partial charge < -0.3 is 5.73 Å². The molecule has 0 aliphatic heterocycles. The third kappa shape index (κ3) is 10.1. The molecule has 0 amide bonds. The molecule has 0 spiro atoms. The maximum absolute atomic E-state index is 5.40. The summed E-state index contributed by atoms with van der Waals surface area (Å²) in [5, 5.41) is 0. The van der Waals surface area contributed by atoms with E-state index in [0.29, 0.717) is 0 Å². The minimum absolute atomic E-state index is 0.865. The lowest BCUT2D eigenvalue weighted by molar-refractivity contribution is 0.733. The molecule has 0 fully saturated rings. The number of allylic oxidation sites excluding steroid dienone is 1. The van der Waals surface area contributed by atoms with Crippen LogP contribution < -0.4 is 5.73 Å². The molecule has 12 heavy (non-hydrogen) atoms. The predicted octanol–water partition coefficient (Wildman–Crippen LogP) is 2.76. The molecule has 1 unspecified atom stereocenters. The van der Waals surface area contributed by atoms with Crippen LogP contribution in [-0.4, -0.2) is 18.9 Å². The highest BCUT2D eigenvalue weighted by atomic mass is 31.1. The maximum Gasteiger partial charge on any atom is -0.00740 e. The van der Waals surface area contributed by atoms with Crippen LogP contribution in [0.15, 0.2) is 12.7 Å². The minimum atomic E-state index is 0.865. The smallest absolute Gasteiger partial charge is 0.00740 e. The van der Waals surface area contributed by atoms with Crippen LogP contribution in [0.2, 0.25) is 0 Å². The van der Waals surface area contributed by atoms with Crippen LogP contribution in [0.5, 0.6) is 0 Å². The first kappa shape index (κ1) is 12.1. The fraction of sp³-hybridized carbons (Fsp3) is 0.800. The SMILES string of the molecule is C=CCCCCCPCCCN. The van der Waals surface area contributed by atoms with Crippen LogP contribution in [-0.2, 0) is 0 Å². The molecule has 0 saturated carbocycles. The van der Waals surface area contributed by atoms with Crippen molar-refractivity contribution in [2.45, 2.75) is 32.1 Å². The summed E-state index contributed by atoms with van der Waals surface area (Å²) in [6.45, 7) is 4.57. The summed E-state index contributed by atoms with van der Waals surface area (Å²) in [4.78, 5) is 0. The van der Waals surface area contributed by atoms with Gasteiger partial charge in [-0.15, -0.1) is 15.2 Å². The summed E-state index contributed by atoms with van der Waals surface area (Å²) in [5.74, 6) is 0. The van der Waals surface area contributed by atoms with Crippen LogP contribution in [0.1, 0.15) is 32.1 Å². The normalized spacial score (nSPS) is 11.1. The topological polar surface area (TPSA) is 26.0 Å². The molecule has 0 aromatic carbocycles. The average Bonchev–Trinajstić information content (AvgIpc) is 2.10. The van der Waals surface area contributed by atoms with Gasteiger partial charge in [0.2, 0.25) is 0 Å². The van der Waals surface area contributed by atoms with E-state index in [1.807, 2.05) is 6.08 Å². The van der Waals surface area contributed by atoms with Crippen molar-refractivity contribution >= 4 is 8.58 Å². The van der Waals surface area contributed by atoms with Gasteiger partial charge in [-0.3, -0.25) is 0 Å². The van der Waals surface area contributed by atoms with Gasteiger partial charge in [0, 0.05) is 0 Å². The first-order valence-corrected chi connectivity index (χ1v) is 6.35. The van der Waals surface area contributed by atoms with Crippen molar-refractivity contribution in [2.24, 2.45) is 5.73 Å². The lowest BCUT2D eigenvalue weighted by Crippen LogP contribution is -1.98. The van der Waals surface area contributed by atoms with Gasteiger partial charge in [0.1, 0.15) is 0 Å². The number of rotatable bonds is 9. The van der Waals surface area contributed by atoms with E-state index in [0.717, 1.165) is 15.1 Å². The van der Waals surface area contributed by atoms with Gasteiger partial charge in [-0.25, -0.2) is 0 Å². The third-order valence-electron chi connectivity index (χ3n) is 1.82. The van der Waals surface area contributed by atoms with E-state index in [4.69, 9.17) is 5.73 Å². The second kappa shape index (κ2) is 11.1. The summed E-state index contributed by atoms with van der Waals surface area (Å²) in [6, 6.07) is 0. The lowest BCUT2D eigenvalue weighted by atomic mass is 10.2. The van der Waals surface area contributed by atoms with E-state index >= 15 is 0 Å². The van der Waals surface area contributed by atoms with Crippen LogP contribution in [0, 0.1) is 0 Å². The van der Waals surface area contributed by atoms with Gasteiger partial charge in [-0.1, -0.05) is 12.5 Å². The Morgan fingerprint density at radius 2 is 1.83 bits per heavy atom. The molecular formula is C10H22NP. The van der Waals surface area contributed by atoms with Gasteiger partial charge >= 0.3 is 0 Å². The molecule has 0 radical (unpaired) electrons. The quantitative estimate of drug-likeness (QED) is 0.335. The zero-order valence-corrected chi connectivity index (χ0v) is 9.02. The number of hydrogen-bond donors (Lipinski definition) is 1. The molecule has 0 saturated heterocycles. The molecule has 0 aromatic heterocycles. The highest BCUT2D eigenvalue weighted by Crippen LogP contribution is 2.14. The van der Waals surface area contributed by atoms with Gasteiger partial charge in [-0.2, -0.15) is 0 Å². The van der Waals surface area contributed by atoms with E-state index in [-0.39, 0.29) is 0 Å². The van der Waals surface area contributed by atoms with E-state index < -0.39 is 0 Å². The molecule has 1 nitrogen and oxygen atoms in total. The fourth-order valence-electron chi connectivity index (χ4n) is 1.07. The van der Waals surface area contributed by atoms with Gasteiger partial charge in [0.05, 0.1) is 0 Å². The number of hydrogen-bond acceptors (Lipinski definition) is 1. The van der Waals surface area contributed by atoms with Crippen LogP contribution in [0.25, 0.3) is 0 Å². The summed E-state index contributed by atoms with van der Waals surface area (Å²) in [6.07, 6.45) is 11.3. The summed E-state index contributed by atoms with van der Waals surface area (Å²) in [5.41, 5.74) is 5.40. The molecule has 2 heteroatoms. The van der Waals surface area contributed by atoms with Crippen molar-refractivity contribution in [1.82, 2.24) is 0 Å². The molecule has 2 N–H and O–H groups in total. The van der Waals surface area contributed by atoms with E-state index in [9.17, 15) is 0 Å². The van der Waals surface area contributed by atoms with Gasteiger partial charge in [-0.05, 0) is 44.6 Å². The van der Waals surface area contributed by atoms with E-state index in [1.54, 1.807) is 0 Å². The molecule has 1 atom stereocenters. The van der Waals surface area contributed by atoms with Crippen LogP contribution >= 0.6 is 8.58 Å². The average molecular weight is 187 g/mol. The minimum Gasteiger partial charge on any atom is -0.330 e. The Balaban J connectivity index is 2.77. The summed E-state index contributed by atoms with van der Waals surface area (Å²) in [7, 11) is 1.15. The summed E-state index contributed by atoms with van der Waals surface area (Å²) < 4.78 is 0. The van der Waals surface area contributed by atoms with Gasteiger partial charge in [0.15, 0.2) is 0 Å². The molecule has 0 heterocycles. The van der Waals surface area contributed by atoms with Crippen molar-refractivity contribution in [2.75, 3.05) is 18.9 Å². The Bertz CT molecular complexity index is 93.8. The summed E-state index contributed by atoms with van der Waals surface area (Å²) >= 11 is 0. The van der Waals surface area contributed by atoms with Crippen molar-refractivity contribution in [1.29, 1.82) is 0 Å². The predicted molar refractivity (Wildman–Crippen MR) is 60.4 cm³/mol. The lowest BCUT2D eigenvalue weighted by Gasteiger charge is -1.99. The molecule has 0 aromatic rings. The molecular weight excluding hydrogens is 165 g/mol. The van der Waals surface area contributed by atoms with E-state index in [2.05, 4.69) is 6.58 Å². The molecule has 0 rings (SSSR count). The van der Waals surface area contributed by atoms with Crippen molar-refractivity contribution in [3.05, 3.63) is 12.7 Å². The second-order valence-corrected chi connectivity index (χ2v) is 4.53. The molecule has 0 aliphatic carbocycles. The van der Waals surface area contributed by atoms with Crippen LogP contribution in [0.4, 0.5) is 0 Å². The fourth-order valence-corrected chi connectivity index (χ4v) is 2.27. The molecule has 0 bridgehead atoms. The Labute approximate surface area is 78.6 Å². The molecule has 0 aliphatic rings. The zero-order chi connectivity index (χ0) is 9.07. The van der Waals surface area contributed by atoms with Crippen LogP contribution in [0.3, 0.4) is 0 Å². The van der Waals surface area contributed by atoms with Crippen molar-refractivity contribution in [3.8, 4) is 0 Å². The highest BCUT2D eigenvalue weighted by Gasteiger charge is 1.89. The van der Waals surface area contributed by atoms with Crippen molar-refractivity contribution < 1.29 is 0 Å². The Hall–Kier alpha value is 0.130. The first-order valence-electron chi connectivity index (χ1n) is 4.93. The Morgan fingerprint density at radius 3 is 2.50 bits per heavy atom. The number of nitrogens with two attached hydrogens (primary N) is 1. The highest BCUT2D eigenvalue weighted by molar-refractivity contribution is 7.37. The Kier molecular flexibility index (Phi) is 11.3. The Morgan fingerprint density at radius 1 is 1.08 bits per heavy atom. The van der Waals surface area contributed by atoms with Crippen molar-refractivity contribution in [3.63, 3.8) is 0 Å². The maximum atomic E-state index is 5.40. The third-order valence-corrected chi connectivity index (χ3v) is 3.23. The largest absolute Gasteiger partial charge is 0.330 e.